The zero-order chi connectivity index (χ0) is 8.41. The van der Waals surface area contributed by atoms with E-state index in [4.69, 9.17) is 11.6 Å². The molecule has 0 spiro atoms. The lowest BCUT2D eigenvalue weighted by Gasteiger charge is -2.24. The second-order valence-electron chi connectivity index (χ2n) is 2.27. The Bertz CT molecular complexity index is 143. The smallest absolute Gasteiger partial charge is 0.311 e. The Kier molecular flexibility index (Phi) is 3.37. The molecule has 0 amide bonds. The van der Waals surface area contributed by atoms with Gasteiger partial charge in [0, 0.05) is 14.2 Å². The van der Waals surface area contributed by atoms with E-state index in [9.17, 15) is 4.57 Å². The Morgan fingerprint density at radius 3 is 1.60 bits per heavy atom. The number of hydrogen-bond acceptors (Lipinski definition) is 3. The van der Waals surface area contributed by atoms with Crippen molar-refractivity contribution in [1.82, 2.24) is 0 Å². The predicted molar refractivity (Wildman–Crippen MR) is 41.6 cm³/mol. The topological polar surface area (TPSA) is 35.5 Å². The molecule has 0 atom stereocenters. The van der Waals surface area contributed by atoms with Crippen molar-refractivity contribution in [3.05, 3.63) is 0 Å². The zero-order valence-corrected chi connectivity index (χ0v) is 8.20. The highest BCUT2D eigenvalue weighted by molar-refractivity contribution is 7.57. The van der Waals surface area contributed by atoms with E-state index < -0.39 is 12.2 Å². The van der Waals surface area contributed by atoms with E-state index in [-0.39, 0.29) is 0 Å². The van der Waals surface area contributed by atoms with Crippen LogP contribution in [0.5, 0.6) is 0 Å². The van der Waals surface area contributed by atoms with Gasteiger partial charge in [0.2, 0.25) is 0 Å². The Labute approximate surface area is 66.2 Å². The summed E-state index contributed by atoms with van der Waals surface area (Å²) in [6.45, 7) is 3.17. The first-order valence-corrected chi connectivity index (χ1v) is 4.70. The Balaban J connectivity index is 4.51. The fourth-order valence-corrected chi connectivity index (χ4v) is 1.94. The fraction of sp³-hybridized carbons (Fsp3) is 1.00. The van der Waals surface area contributed by atoms with Crippen molar-refractivity contribution in [1.29, 1.82) is 0 Å². The van der Waals surface area contributed by atoms with Crippen molar-refractivity contribution in [3.63, 3.8) is 0 Å². The third kappa shape index (κ3) is 1.96. The maximum Gasteiger partial charge on any atom is 0.350 e. The lowest BCUT2D eigenvalue weighted by Crippen LogP contribution is -2.13. The van der Waals surface area contributed by atoms with E-state index in [1.54, 1.807) is 13.8 Å². The first kappa shape index (κ1) is 10.4. The van der Waals surface area contributed by atoms with Gasteiger partial charge in [-0.05, 0) is 13.8 Å². The molecular weight excluding hydrogens is 174 g/mol. The van der Waals surface area contributed by atoms with Crippen molar-refractivity contribution >= 4 is 19.2 Å². The maximum atomic E-state index is 11.4. The summed E-state index contributed by atoms with van der Waals surface area (Å²) >= 11 is 5.73. The molecule has 0 unspecified atom stereocenters. The van der Waals surface area contributed by atoms with Gasteiger partial charge in [0.1, 0.15) is 4.62 Å². The first-order valence-electron chi connectivity index (χ1n) is 2.78. The van der Waals surface area contributed by atoms with E-state index in [0.717, 1.165) is 0 Å². The second-order valence-corrected chi connectivity index (χ2v) is 6.32. The Hall–Kier alpha value is 0.440. The molecule has 0 saturated carbocycles. The largest absolute Gasteiger partial charge is 0.350 e. The van der Waals surface area contributed by atoms with Crippen LogP contribution in [-0.2, 0) is 13.6 Å². The first-order chi connectivity index (χ1) is 4.37. The van der Waals surface area contributed by atoms with Gasteiger partial charge in [-0.3, -0.25) is 4.57 Å². The third-order valence-electron chi connectivity index (χ3n) is 1.13. The van der Waals surface area contributed by atoms with E-state index >= 15 is 0 Å². The van der Waals surface area contributed by atoms with Crippen molar-refractivity contribution in [2.75, 3.05) is 14.2 Å². The van der Waals surface area contributed by atoms with Crippen LogP contribution in [0, 0.1) is 0 Å². The minimum absolute atomic E-state index is 0.962. The summed E-state index contributed by atoms with van der Waals surface area (Å²) in [6.07, 6.45) is 0. The summed E-state index contributed by atoms with van der Waals surface area (Å²) in [5.74, 6) is 0. The minimum atomic E-state index is -3.10. The molecule has 0 bridgehead atoms. The standard InChI is InChI=1S/C5H12ClO3P/c1-5(2,6)10(7,8-3)9-4/h1-4H3. The molecule has 0 saturated heterocycles. The molecule has 0 rings (SSSR count). The van der Waals surface area contributed by atoms with Gasteiger partial charge in [0.05, 0.1) is 0 Å². The van der Waals surface area contributed by atoms with E-state index in [2.05, 4.69) is 9.05 Å². The molecule has 62 valence electrons. The average molecular weight is 187 g/mol. The summed E-state index contributed by atoms with van der Waals surface area (Å²) in [5.41, 5.74) is 0. The van der Waals surface area contributed by atoms with Gasteiger partial charge in [-0.25, -0.2) is 0 Å². The molecule has 0 fully saturated rings. The van der Waals surface area contributed by atoms with Gasteiger partial charge in [-0.2, -0.15) is 0 Å². The number of hydrogen-bond donors (Lipinski definition) is 0. The molecule has 0 radical (unpaired) electrons. The lowest BCUT2D eigenvalue weighted by atomic mass is 10.6. The van der Waals surface area contributed by atoms with Crippen molar-refractivity contribution in [2.24, 2.45) is 0 Å². The summed E-state index contributed by atoms with van der Waals surface area (Å²) in [4.78, 5) is 0. The quantitative estimate of drug-likeness (QED) is 0.502. The van der Waals surface area contributed by atoms with Crippen LogP contribution in [0.3, 0.4) is 0 Å². The molecule has 0 N–H and O–H groups in total. The molecule has 0 aromatic heterocycles. The maximum absolute atomic E-state index is 11.4. The van der Waals surface area contributed by atoms with Crippen LogP contribution >= 0.6 is 19.2 Å². The van der Waals surface area contributed by atoms with Gasteiger partial charge in [0.15, 0.2) is 0 Å². The van der Waals surface area contributed by atoms with Crippen molar-refractivity contribution < 1.29 is 13.6 Å². The molecule has 0 aliphatic carbocycles. The predicted octanol–water partition coefficient (Wildman–Crippen LogP) is 2.45. The number of halogens is 1. The average Bonchev–Trinajstić information content (AvgIpc) is 1.84. The van der Waals surface area contributed by atoms with Crippen LogP contribution in [0.4, 0.5) is 0 Å². The highest BCUT2D eigenvalue weighted by atomic mass is 35.5. The minimum Gasteiger partial charge on any atom is -0.311 e. The Morgan fingerprint density at radius 1 is 1.30 bits per heavy atom. The molecule has 10 heavy (non-hydrogen) atoms. The Morgan fingerprint density at radius 2 is 1.60 bits per heavy atom. The highest BCUT2D eigenvalue weighted by Crippen LogP contribution is 2.60. The molecule has 3 nitrogen and oxygen atoms in total. The van der Waals surface area contributed by atoms with Crippen LogP contribution in [0.1, 0.15) is 13.8 Å². The molecule has 5 heteroatoms. The highest BCUT2D eigenvalue weighted by Gasteiger charge is 2.40. The normalized spacial score (nSPS) is 13.7. The van der Waals surface area contributed by atoms with Crippen LogP contribution in [0.25, 0.3) is 0 Å². The number of alkyl halides is 1. The van der Waals surface area contributed by atoms with E-state index in [1.165, 1.54) is 14.2 Å². The SMILES string of the molecule is COP(=O)(OC)C(C)(C)Cl. The summed E-state index contributed by atoms with van der Waals surface area (Å²) in [7, 11) is -0.472. The van der Waals surface area contributed by atoms with Crippen LogP contribution in [-0.4, -0.2) is 18.8 Å². The van der Waals surface area contributed by atoms with E-state index in [1.807, 2.05) is 0 Å². The summed E-state index contributed by atoms with van der Waals surface area (Å²) in [6, 6.07) is 0. The van der Waals surface area contributed by atoms with Gasteiger partial charge in [0.25, 0.3) is 0 Å². The second kappa shape index (κ2) is 3.22. The zero-order valence-electron chi connectivity index (χ0n) is 6.55. The summed E-state index contributed by atoms with van der Waals surface area (Å²) < 4.78 is 19.7. The molecule has 0 aromatic carbocycles. The van der Waals surface area contributed by atoms with Crippen LogP contribution < -0.4 is 0 Å². The molecule has 0 aliphatic rings. The molecule has 0 aliphatic heterocycles. The molecule has 0 heterocycles. The van der Waals surface area contributed by atoms with Crippen LogP contribution in [0.2, 0.25) is 0 Å². The molecular formula is C5H12ClO3P. The third-order valence-corrected chi connectivity index (χ3v) is 4.02. The number of rotatable bonds is 3. The van der Waals surface area contributed by atoms with Gasteiger partial charge >= 0.3 is 7.60 Å². The lowest BCUT2D eigenvalue weighted by molar-refractivity contribution is 0.264. The van der Waals surface area contributed by atoms with E-state index in [0.29, 0.717) is 0 Å². The van der Waals surface area contributed by atoms with Crippen molar-refractivity contribution in [2.45, 2.75) is 18.5 Å². The van der Waals surface area contributed by atoms with Gasteiger partial charge < -0.3 is 9.05 Å². The molecule has 0 aromatic rings. The van der Waals surface area contributed by atoms with Gasteiger partial charge in [-0.15, -0.1) is 11.6 Å². The van der Waals surface area contributed by atoms with Crippen LogP contribution in [0.15, 0.2) is 0 Å². The van der Waals surface area contributed by atoms with Gasteiger partial charge in [-0.1, -0.05) is 0 Å². The fourth-order valence-electron chi connectivity index (χ4n) is 0.509. The monoisotopic (exact) mass is 186 g/mol. The summed E-state index contributed by atoms with van der Waals surface area (Å²) in [5, 5.41) is 0. The van der Waals surface area contributed by atoms with Crippen molar-refractivity contribution in [3.8, 4) is 0 Å².